The van der Waals surface area contributed by atoms with E-state index < -0.39 is 15.9 Å². The van der Waals surface area contributed by atoms with Crippen LogP contribution in [0.4, 0.5) is 0 Å². The summed E-state index contributed by atoms with van der Waals surface area (Å²) in [6, 6.07) is 11.7. The number of amides is 1. The van der Waals surface area contributed by atoms with Crippen molar-refractivity contribution in [1.82, 2.24) is 9.62 Å². The lowest BCUT2D eigenvalue weighted by molar-refractivity contribution is 0.0787. The fourth-order valence-corrected chi connectivity index (χ4v) is 5.36. The number of ether oxygens (including phenoxy) is 3. The van der Waals surface area contributed by atoms with Crippen LogP contribution in [0.25, 0.3) is 0 Å². The molecule has 0 radical (unpaired) electrons. The van der Waals surface area contributed by atoms with Gasteiger partial charge in [-0.2, -0.15) is 4.31 Å². The SMILES string of the molecule is COc1ccc(S(=O)(=O)N2CCC(C)CC2)cc1C(=O)NC[C@H]1COc2ccccc2O1. The average Bonchev–Trinajstić information content (AvgIpc) is 2.82. The Balaban J connectivity index is 1.47. The number of nitrogens with zero attached hydrogens (tertiary/aromatic N) is 1. The van der Waals surface area contributed by atoms with Crippen LogP contribution in [0.5, 0.6) is 17.2 Å². The first-order valence-corrected chi connectivity index (χ1v) is 12.2. The maximum Gasteiger partial charge on any atom is 0.255 e. The smallest absolute Gasteiger partial charge is 0.255 e. The van der Waals surface area contributed by atoms with Crippen molar-refractivity contribution < 1.29 is 27.4 Å². The number of carbonyl (C=O) groups is 1. The van der Waals surface area contributed by atoms with E-state index in [1.807, 2.05) is 24.3 Å². The van der Waals surface area contributed by atoms with Crippen molar-refractivity contribution in [2.75, 3.05) is 33.4 Å². The van der Waals surface area contributed by atoms with Crippen molar-refractivity contribution in [3.05, 3.63) is 48.0 Å². The van der Waals surface area contributed by atoms with Crippen LogP contribution in [0.3, 0.4) is 0 Å². The first kappa shape index (κ1) is 22.4. The highest BCUT2D eigenvalue weighted by atomic mass is 32.2. The second-order valence-corrected chi connectivity index (χ2v) is 10.1. The van der Waals surface area contributed by atoms with Crippen LogP contribution in [0.15, 0.2) is 47.4 Å². The predicted octanol–water partition coefficient (Wildman–Crippen LogP) is 2.69. The highest BCUT2D eigenvalue weighted by molar-refractivity contribution is 7.89. The van der Waals surface area contributed by atoms with Crippen LogP contribution in [-0.2, 0) is 10.0 Å². The summed E-state index contributed by atoms with van der Waals surface area (Å²) >= 11 is 0. The summed E-state index contributed by atoms with van der Waals surface area (Å²) in [5.41, 5.74) is 0.163. The lowest BCUT2D eigenvalue weighted by Gasteiger charge is -2.29. The van der Waals surface area contributed by atoms with Gasteiger partial charge in [0.25, 0.3) is 5.91 Å². The molecule has 0 saturated carbocycles. The van der Waals surface area contributed by atoms with E-state index in [2.05, 4.69) is 12.2 Å². The summed E-state index contributed by atoms with van der Waals surface area (Å²) < 4.78 is 44.5. The van der Waals surface area contributed by atoms with Crippen LogP contribution >= 0.6 is 0 Å². The van der Waals surface area contributed by atoms with E-state index in [1.165, 1.54) is 29.6 Å². The fraction of sp³-hybridized carbons (Fsp3) is 0.435. The lowest BCUT2D eigenvalue weighted by Crippen LogP contribution is -2.41. The van der Waals surface area contributed by atoms with Gasteiger partial charge < -0.3 is 19.5 Å². The quantitative estimate of drug-likeness (QED) is 0.712. The molecule has 9 heteroatoms. The molecule has 1 amide bonds. The van der Waals surface area contributed by atoms with Crippen LogP contribution in [0, 0.1) is 5.92 Å². The largest absolute Gasteiger partial charge is 0.496 e. The van der Waals surface area contributed by atoms with E-state index >= 15 is 0 Å². The number of methoxy groups -OCH3 is 1. The molecule has 1 N–H and O–H groups in total. The highest BCUT2D eigenvalue weighted by Crippen LogP contribution is 2.31. The number of hydrogen-bond acceptors (Lipinski definition) is 6. The number of hydrogen-bond donors (Lipinski definition) is 1. The van der Waals surface area contributed by atoms with Crippen molar-refractivity contribution in [1.29, 1.82) is 0 Å². The van der Waals surface area contributed by atoms with Gasteiger partial charge in [0.1, 0.15) is 18.5 Å². The zero-order chi connectivity index (χ0) is 22.7. The van der Waals surface area contributed by atoms with Crippen molar-refractivity contribution in [2.45, 2.75) is 30.8 Å². The Labute approximate surface area is 188 Å². The van der Waals surface area contributed by atoms with Gasteiger partial charge >= 0.3 is 0 Å². The van der Waals surface area contributed by atoms with Gasteiger partial charge in [-0.25, -0.2) is 8.42 Å². The predicted molar refractivity (Wildman–Crippen MR) is 119 cm³/mol. The number of carbonyl (C=O) groups excluding carboxylic acids is 1. The number of piperidine rings is 1. The average molecular weight is 461 g/mol. The van der Waals surface area contributed by atoms with Crippen LogP contribution in [-0.4, -0.2) is 58.1 Å². The third-order valence-corrected chi connectivity index (χ3v) is 7.75. The normalized spacial score (nSPS) is 19.4. The monoisotopic (exact) mass is 460 g/mol. The molecule has 2 aliphatic rings. The van der Waals surface area contributed by atoms with Gasteiger partial charge in [0, 0.05) is 13.1 Å². The molecular weight excluding hydrogens is 432 g/mol. The standard InChI is InChI=1S/C23H28N2O6S/c1-16-9-11-25(12-10-16)32(27,28)18-7-8-20(29-2)19(13-18)23(26)24-14-17-15-30-21-5-3-4-6-22(21)31-17/h3-8,13,16-17H,9-12,14-15H2,1-2H3,(H,24,26)/t17-/m0/s1. The molecular formula is C23H28N2O6S. The molecule has 0 unspecified atom stereocenters. The number of fused-ring (bicyclic) bond motifs is 1. The molecule has 2 heterocycles. The maximum atomic E-state index is 13.1. The summed E-state index contributed by atoms with van der Waals surface area (Å²) in [6.07, 6.45) is 1.30. The summed E-state index contributed by atoms with van der Waals surface area (Å²) in [4.78, 5) is 13.0. The highest BCUT2D eigenvalue weighted by Gasteiger charge is 2.29. The summed E-state index contributed by atoms with van der Waals surface area (Å²) in [5, 5.41) is 2.81. The maximum absolute atomic E-state index is 13.1. The summed E-state index contributed by atoms with van der Waals surface area (Å²) in [6.45, 7) is 3.60. The second kappa shape index (κ2) is 9.38. The molecule has 172 valence electrons. The molecule has 1 fully saturated rings. The van der Waals surface area contributed by atoms with E-state index in [0.29, 0.717) is 42.9 Å². The minimum absolute atomic E-state index is 0.0872. The van der Waals surface area contributed by atoms with E-state index in [9.17, 15) is 13.2 Å². The van der Waals surface area contributed by atoms with Crippen molar-refractivity contribution in [3.63, 3.8) is 0 Å². The Morgan fingerprint density at radius 3 is 2.59 bits per heavy atom. The molecule has 0 aromatic heterocycles. The molecule has 1 atom stereocenters. The molecule has 1 saturated heterocycles. The molecule has 0 spiro atoms. The van der Waals surface area contributed by atoms with Crippen molar-refractivity contribution >= 4 is 15.9 Å². The van der Waals surface area contributed by atoms with Gasteiger partial charge in [0.15, 0.2) is 11.5 Å². The Kier molecular flexibility index (Phi) is 6.57. The molecule has 2 aromatic rings. The number of para-hydroxylation sites is 2. The van der Waals surface area contributed by atoms with Gasteiger partial charge in [-0.1, -0.05) is 19.1 Å². The van der Waals surface area contributed by atoms with Gasteiger partial charge in [-0.05, 0) is 49.1 Å². The van der Waals surface area contributed by atoms with Gasteiger partial charge in [0.05, 0.1) is 24.1 Å². The molecule has 8 nitrogen and oxygen atoms in total. The summed E-state index contributed by atoms with van der Waals surface area (Å²) in [7, 11) is -2.24. The lowest BCUT2D eigenvalue weighted by atomic mass is 10.0. The van der Waals surface area contributed by atoms with E-state index in [4.69, 9.17) is 14.2 Å². The minimum atomic E-state index is -3.68. The van der Waals surface area contributed by atoms with Crippen molar-refractivity contribution in [3.8, 4) is 17.2 Å². The Hall–Kier alpha value is -2.78. The number of sulfonamides is 1. The van der Waals surface area contributed by atoms with Gasteiger partial charge in [-0.15, -0.1) is 0 Å². The van der Waals surface area contributed by atoms with Crippen LogP contribution in [0.1, 0.15) is 30.1 Å². The third kappa shape index (κ3) is 4.68. The Bertz CT molecular complexity index is 1080. The molecule has 4 rings (SSSR count). The van der Waals surface area contributed by atoms with Crippen molar-refractivity contribution in [2.24, 2.45) is 5.92 Å². The molecule has 0 bridgehead atoms. The first-order valence-electron chi connectivity index (χ1n) is 10.7. The minimum Gasteiger partial charge on any atom is -0.496 e. The molecule has 0 aliphatic carbocycles. The Morgan fingerprint density at radius 1 is 1.16 bits per heavy atom. The van der Waals surface area contributed by atoms with Crippen LogP contribution < -0.4 is 19.5 Å². The molecule has 2 aromatic carbocycles. The Morgan fingerprint density at radius 2 is 1.88 bits per heavy atom. The van der Waals surface area contributed by atoms with Crippen LogP contribution in [0.2, 0.25) is 0 Å². The van der Waals surface area contributed by atoms with E-state index in [-0.39, 0.29) is 23.1 Å². The van der Waals surface area contributed by atoms with Gasteiger partial charge in [-0.3, -0.25) is 4.79 Å². The molecule has 32 heavy (non-hydrogen) atoms. The topological polar surface area (TPSA) is 94.2 Å². The van der Waals surface area contributed by atoms with E-state index in [1.54, 1.807) is 0 Å². The second-order valence-electron chi connectivity index (χ2n) is 8.16. The summed E-state index contributed by atoms with van der Waals surface area (Å²) in [5.74, 6) is 1.67. The van der Waals surface area contributed by atoms with E-state index in [0.717, 1.165) is 12.8 Å². The fourth-order valence-electron chi connectivity index (χ4n) is 3.86. The number of nitrogens with one attached hydrogen (secondary N) is 1. The zero-order valence-corrected chi connectivity index (χ0v) is 19.1. The van der Waals surface area contributed by atoms with Gasteiger partial charge in [0.2, 0.25) is 10.0 Å². The zero-order valence-electron chi connectivity index (χ0n) is 18.2. The molecule has 2 aliphatic heterocycles. The number of benzene rings is 2. The third-order valence-electron chi connectivity index (χ3n) is 5.85. The first-order chi connectivity index (χ1) is 15.4. The number of rotatable bonds is 6.